The number of rotatable bonds is 29. The van der Waals surface area contributed by atoms with E-state index in [1.807, 2.05) is 12.2 Å². The minimum atomic E-state index is -0.934. The predicted octanol–water partition coefficient (Wildman–Crippen LogP) is 8.08. The average Bonchev–Trinajstić information content (AvgIpc) is 3.00. The molecule has 0 bridgehead atoms. The fraction of sp³-hybridized carbons (Fsp3) is 0.730. The maximum absolute atomic E-state index is 12.1. The van der Waals surface area contributed by atoms with Crippen LogP contribution in [0.5, 0.6) is 0 Å². The van der Waals surface area contributed by atoms with Crippen LogP contribution in [0.2, 0.25) is 0 Å². The lowest BCUT2D eigenvalue weighted by atomic mass is 10.0. The molecule has 0 unspecified atom stereocenters. The highest BCUT2D eigenvalue weighted by Crippen LogP contribution is 2.14. The topological polar surface area (TPSA) is 113 Å². The van der Waals surface area contributed by atoms with Gasteiger partial charge in [0.2, 0.25) is 0 Å². The average molecular weight is 621 g/mol. The number of unbranched alkanes of at least 4 members (excludes halogenated alkanes) is 7. The first-order valence-electron chi connectivity index (χ1n) is 17.2. The number of hydrogen-bond acceptors (Lipinski definition) is 7. The van der Waals surface area contributed by atoms with Gasteiger partial charge in [-0.15, -0.1) is 0 Å². The van der Waals surface area contributed by atoms with E-state index in [0.29, 0.717) is 19.3 Å². The number of allylic oxidation sites excluding steroid dienone is 7. The fourth-order valence-electron chi connectivity index (χ4n) is 4.53. The van der Waals surface area contributed by atoms with E-state index >= 15 is 0 Å². The summed E-state index contributed by atoms with van der Waals surface area (Å²) in [6, 6.07) is 0. The normalized spacial score (nSPS) is 14.3. The van der Waals surface area contributed by atoms with Crippen molar-refractivity contribution in [3.63, 3.8) is 0 Å². The second kappa shape index (κ2) is 30.8. The Morgan fingerprint density at radius 1 is 0.636 bits per heavy atom. The molecule has 7 heteroatoms. The van der Waals surface area contributed by atoms with Gasteiger partial charge in [0.05, 0.1) is 18.8 Å². The maximum atomic E-state index is 12.1. The van der Waals surface area contributed by atoms with Gasteiger partial charge >= 0.3 is 11.9 Å². The highest BCUT2D eigenvalue weighted by Gasteiger charge is 2.18. The van der Waals surface area contributed by atoms with Crippen LogP contribution in [-0.2, 0) is 19.1 Å². The van der Waals surface area contributed by atoms with E-state index in [2.05, 4.69) is 57.2 Å². The molecule has 0 aliphatic heterocycles. The highest BCUT2D eigenvalue weighted by molar-refractivity contribution is 5.70. The Labute approximate surface area is 268 Å². The maximum Gasteiger partial charge on any atom is 0.306 e. The van der Waals surface area contributed by atoms with Crippen LogP contribution in [-0.4, -0.2) is 58.8 Å². The predicted molar refractivity (Wildman–Crippen MR) is 180 cm³/mol. The van der Waals surface area contributed by atoms with Crippen LogP contribution < -0.4 is 0 Å². The molecular formula is C37H64O7. The second-order valence-corrected chi connectivity index (χ2v) is 12.0. The third-order valence-electron chi connectivity index (χ3n) is 7.27. The van der Waals surface area contributed by atoms with Crippen LogP contribution >= 0.6 is 0 Å². The zero-order valence-electron chi connectivity index (χ0n) is 28.0. The summed E-state index contributed by atoms with van der Waals surface area (Å²) in [6.07, 6.45) is 29.3. The number of carbonyl (C=O) groups is 2. The number of aliphatic hydroxyl groups is 3. The molecule has 0 amide bonds. The molecule has 0 aliphatic carbocycles. The summed E-state index contributed by atoms with van der Waals surface area (Å²) in [5.41, 5.74) is 0. The molecule has 0 saturated carbocycles. The molecule has 0 spiro atoms. The summed E-state index contributed by atoms with van der Waals surface area (Å²) in [6.45, 7) is 6.03. The van der Waals surface area contributed by atoms with Crippen LogP contribution in [0.15, 0.2) is 48.6 Å². The molecule has 44 heavy (non-hydrogen) atoms. The number of aliphatic hydroxyl groups excluding tert-OH is 3. The van der Waals surface area contributed by atoms with E-state index in [1.54, 1.807) is 0 Å². The quantitative estimate of drug-likeness (QED) is 0.0440. The van der Waals surface area contributed by atoms with E-state index in [0.717, 1.165) is 50.9 Å². The van der Waals surface area contributed by atoms with E-state index in [1.165, 1.54) is 38.5 Å². The lowest BCUT2D eigenvalue weighted by Crippen LogP contribution is -2.28. The van der Waals surface area contributed by atoms with Gasteiger partial charge in [-0.05, 0) is 57.3 Å². The first-order chi connectivity index (χ1) is 21.3. The zero-order valence-corrected chi connectivity index (χ0v) is 28.0. The van der Waals surface area contributed by atoms with Gasteiger partial charge in [0.25, 0.3) is 0 Å². The smallest absolute Gasteiger partial charge is 0.306 e. The van der Waals surface area contributed by atoms with Gasteiger partial charge in [-0.2, -0.15) is 0 Å². The summed E-state index contributed by atoms with van der Waals surface area (Å²) >= 11 is 0. The van der Waals surface area contributed by atoms with Crippen LogP contribution in [0.3, 0.4) is 0 Å². The summed E-state index contributed by atoms with van der Waals surface area (Å²) in [4.78, 5) is 24.2. The summed E-state index contributed by atoms with van der Waals surface area (Å²) in [5.74, 6) is -0.102. The van der Waals surface area contributed by atoms with Gasteiger partial charge < -0.3 is 24.8 Å². The molecule has 0 rings (SSSR count). The zero-order chi connectivity index (χ0) is 32.7. The van der Waals surface area contributed by atoms with Gasteiger partial charge in [0.1, 0.15) is 6.61 Å². The van der Waals surface area contributed by atoms with E-state index in [9.17, 15) is 24.9 Å². The van der Waals surface area contributed by atoms with Crippen molar-refractivity contribution in [2.45, 2.75) is 155 Å². The minimum absolute atomic E-state index is 0.0670. The summed E-state index contributed by atoms with van der Waals surface area (Å²) in [5, 5.41) is 29.9. The van der Waals surface area contributed by atoms with Gasteiger partial charge in [-0.3, -0.25) is 9.59 Å². The van der Waals surface area contributed by atoms with Crippen LogP contribution in [0.1, 0.15) is 136 Å². The van der Waals surface area contributed by atoms with Crippen LogP contribution in [0, 0.1) is 5.92 Å². The van der Waals surface area contributed by atoms with Crippen molar-refractivity contribution < 1.29 is 34.4 Å². The van der Waals surface area contributed by atoms with E-state index < -0.39 is 30.9 Å². The Morgan fingerprint density at radius 2 is 1.16 bits per heavy atom. The van der Waals surface area contributed by atoms with E-state index in [4.69, 9.17) is 9.47 Å². The molecule has 3 N–H and O–H groups in total. The molecule has 254 valence electrons. The van der Waals surface area contributed by atoms with Gasteiger partial charge in [-0.25, -0.2) is 0 Å². The SMILES string of the molecule is CC/C=C\C/C=C\C/C=C\C/C=C\C[C@H](O)[C@@H](O)CCCC(=O)OC[C@H](CO)OC(=O)CCCCCCCCCCC(C)C. The second-order valence-electron chi connectivity index (χ2n) is 12.0. The third kappa shape index (κ3) is 28.5. The molecule has 0 aromatic rings. The monoisotopic (exact) mass is 620 g/mol. The first kappa shape index (κ1) is 41.8. The lowest BCUT2D eigenvalue weighted by molar-refractivity contribution is -0.161. The molecule has 0 saturated heterocycles. The number of ether oxygens (including phenoxy) is 2. The van der Waals surface area contributed by atoms with Crippen molar-refractivity contribution in [2.24, 2.45) is 5.92 Å². The molecule has 3 atom stereocenters. The van der Waals surface area contributed by atoms with Crippen molar-refractivity contribution in [3.05, 3.63) is 48.6 Å². The molecule has 0 aliphatic rings. The molecule has 0 fully saturated rings. The molecule has 0 heterocycles. The molecular weight excluding hydrogens is 556 g/mol. The number of hydrogen-bond donors (Lipinski definition) is 3. The largest absolute Gasteiger partial charge is 0.462 e. The highest BCUT2D eigenvalue weighted by atomic mass is 16.6. The number of carbonyl (C=O) groups excluding carboxylic acids is 2. The Morgan fingerprint density at radius 3 is 1.73 bits per heavy atom. The summed E-state index contributed by atoms with van der Waals surface area (Å²) < 4.78 is 10.4. The van der Waals surface area contributed by atoms with E-state index in [-0.39, 0.29) is 25.4 Å². The van der Waals surface area contributed by atoms with Gasteiger partial charge in [0.15, 0.2) is 6.10 Å². The fourth-order valence-corrected chi connectivity index (χ4v) is 4.53. The Bertz CT molecular complexity index is 800. The third-order valence-corrected chi connectivity index (χ3v) is 7.27. The summed E-state index contributed by atoms with van der Waals surface area (Å²) in [7, 11) is 0. The molecule has 7 nitrogen and oxygen atoms in total. The van der Waals surface area contributed by atoms with Crippen molar-refractivity contribution in [1.29, 1.82) is 0 Å². The van der Waals surface area contributed by atoms with Crippen molar-refractivity contribution in [3.8, 4) is 0 Å². The van der Waals surface area contributed by atoms with Crippen LogP contribution in [0.4, 0.5) is 0 Å². The Kier molecular flexibility index (Phi) is 29.2. The standard InChI is InChI=1S/C37H64O7/c1-4-5-6-7-8-9-10-11-12-16-19-22-26-34(39)35(40)27-24-29-36(41)43-31-33(30-38)44-37(42)28-23-20-17-14-13-15-18-21-25-32(2)3/h5-6,8-9,11-12,19,22,32-35,38-40H,4,7,10,13-18,20-21,23-31H2,1-3H3/b6-5-,9-8-,12-11-,22-19-/t33-,34-,35-/m0/s1. The Balaban J connectivity index is 3.90. The van der Waals surface area contributed by atoms with Gasteiger partial charge in [0, 0.05) is 12.8 Å². The van der Waals surface area contributed by atoms with Crippen molar-refractivity contribution >= 4 is 11.9 Å². The first-order valence-corrected chi connectivity index (χ1v) is 17.2. The molecule has 0 aromatic carbocycles. The molecule has 0 radical (unpaired) electrons. The number of esters is 2. The van der Waals surface area contributed by atoms with Gasteiger partial charge in [-0.1, -0.05) is 121 Å². The Hall–Kier alpha value is -2.22. The van der Waals surface area contributed by atoms with Crippen molar-refractivity contribution in [2.75, 3.05) is 13.2 Å². The molecule has 0 aromatic heterocycles. The lowest BCUT2D eigenvalue weighted by Gasteiger charge is -2.17. The van der Waals surface area contributed by atoms with Crippen LogP contribution in [0.25, 0.3) is 0 Å². The van der Waals surface area contributed by atoms with Crippen molar-refractivity contribution in [1.82, 2.24) is 0 Å². The minimum Gasteiger partial charge on any atom is -0.462 e.